The van der Waals surface area contributed by atoms with Crippen LogP contribution in [0.15, 0.2) is 91.0 Å². The topological polar surface area (TPSA) is 18.5 Å². The van der Waals surface area contributed by atoms with Crippen molar-refractivity contribution in [3.63, 3.8) is 0 Å². The molecule has 2 aromatic heterocycles. The predicted octanol–water partition coefficient (Wildman–Crippen LogP) is 9.54. The third kappa shape index (κ3) is 3.54. The lowest BCUT2D eigenvalue weighted by molar-refractivity contribution is 0.00578. The second kappa shape index (κ2) is 8.15. The molecule has 0 saturated carbocycles. The minimum Gasteiger partial charge on any atom is -0.399 e. The molecule has 1 aliphatic heterocycles. The summed E-state index contributed by atoms with van der Waals surface area (Å²) in [4.78, 5) is 0. The second-order valence-corrected chi connectivity index (χ2v) is 13.8. The Bertz CT molecular complexity index is 2080. The minimum atomic E-state index is -0.386. The average molecular weight is 543 g/mol. The van der Waals surface area contributed by atoms with Gasteiger partial charge in [0.1, 0.15) is 0 Å². The summed E-state index contributed by atoms with van der Waals surface area (Å²) in [6.45, 7) is 8.46. The van der Waals surface area contributed by atoms with Gasteiger partial charge in [0.05, 0.1) is 11.2 Å². The van der Waals surface area contributed by atoms with E-state index in [1.807, 2.05) is 22.7 Å². The molecule has 0 atom stereocenters. The van der Waals surface area contributed by atoms with E-state index in [0.29, 0.717) is 0 Å². The van der Waals surface area contributed by atoms with Crippen LogP contribution in [0.5, 0.6) is 0 Å². The normalized spacial score (nSPS) is 16.9. The van der Waals surface area contributed by atoms with Crippen molar-refractivity contribution in [1.82, 2.24) is 0 Å². The maximum absolute atomic E-state index is 6.49. The quantitative estimate of drug-likeness (QED) is 0.203. The summed E-state index contributed by atoms with van der Waals surface area (Å²) >= 11 is 3.71. The Hall–Kier alpha value is -3.22. The molecule has 5 heteroatoms. The molecule has 3 heterocycles. The molecule has 0 unspecified atom stereocenters. The first-order chi connectivity index (χ1) is 18.8. The fourth-order valence-electron chi connectivity index (χ4n) is 5.84. The Balaban J connectivity index is 1.29. The summed E-state index contributed by atoms with van der Waals surface area (Å²) < 4.78 is 18.2. The largest absolute Gasteiger partial charge is 0.495 e. The highest BCUT2D eigenvalue weighted by atomic mass is 32.1. The Kier molecular flexibility index (Phi) is 4.94. The summed E-state index contributed by atoms with van der Waals surface area (Å²) in [6.07, 6.45) is 0. The van der Waals surface area contributed by atoms with Gasteiger partial charge in [0.15, 0.2) is 0 Å². The van der Waals surface area contributed by atoms with Gasteiger partial charge < -0.3 is 9.31 Å². The second-order valence-electron chi connectivity index (χ2n) is 11.6. The first-order valence-corrected chi connectivity index (χ1v) is 15.1. The van der Waals surface area contributed by atoms with Gasteiger partial charge in [-0.25, -0.2) is 0 Å². The summed E-state index contributed by atoms with van der Waals surface area (Å²) in [5, 5.41) is 7.75. The number of benzene rings is 5. The molecular formula is C34H27BO2S2. The van der Waals surface area contributed by atoms with Crippen LogP contribution in [0.4, 0.5) is 0 Å². The van der Waals surface area contributed by atoms with Gasteiger partial charge in [0.25, 0.3) is 0 Å². The van der Waals surface area contributed by atoms with Crippen LogP contribution in [0.25, 0.3) is 62.2 Å². The molecule has 0 N–H and O–H groups in total. The average Bonchev–Trinajstić information content (AvgIpc) is 3.54. The van der Waals surface area contributed by atoms with E-state index in [2.05, 4.69) is 119 Å². The van der Waals surface area contributed by atoms with E-state index in [0.717, 1.165) is 5.46 Å². The van der Waals surface area contributed by atoms with Crippen LogP contribution in [-0.2, 0) is 9.31 Å². The molecule has 190 valence electrons. The third-order valence-corrected chi connectivity index (χ3v) is 11.0. The van der Waals surface area contributed by atoms with Gasteiger partial charge in [0.2, 0.25) is 0 Å². The molecule has 1 aliphatic rings. The van der Waals surface area contributed by atoms with Crippen molar-refractivity contribution < 1.29 is 9.31 Å². The maximum atomic E-state index is 6.49. The van der Waals surface area contributed by atoms with Crippen molar-refractivity contribution in [3.8, 4) is 11.1 Å². The van der Waals surface area contributed by atoms with Crippen LogP contribution >= 0.6 is 22.7 Å². The zero-order valence-electron chi connectivity index (χ0n) is 22.4. The predicted molar refractivity (Wildman–Crippen MR) is 171 cm³/mol. The van der Waals surface area contributed by atoms with E-state index in [1.165, 1.54) is 62.2 Å². The molecule has 1 saturated heterocycles. The molecule has 0 bridgehead atoms. The van der Waals surface area contributed by atoms with Gasteiger partial charge in [-0.1, -0.05) is 48.5 Å². The highest BCUT2D eigenvalue weighted by Crippen LogP contribution is 2.42. The van der Waals surface area contributed by atoms with Gasteiger partial charge in [-0.15, -0.1) is 22.7 Å². The van der Waals surface area contributed by atoms with Crippen molar-refractivity contribution >= 4 is 86.4 Å². The summed E-state index contributed by atoms with van der Waals surface area (Å²) in [5.41, 5.74) is 2.83. The number of thiophene rings is 2. The van der Waals surface area contributed by atoms with E-state index in [-0.39, 0.29) is 18.3 Å². The first-order valence-electron chi connectivity index (χ1n) is 13.4. The van der Waals surface area contributed by atoms with E-state index in [1.54, 1.807) is 0 Å². The van der Waals surface area contributed by atoms with E-state index >= 15 is 0 Å². The van der Waals surface area contributed by atoms with Crippen molar-refractivity contribution in [3.05, 3.63) is 91.0 Å². The minimum absolute atomic E-state index is 0.374. The summed E-state index contributed by atoms with van der Waals surface area (Å²) in [5.74, 6) is 0. The van der Waals surface area contributed by atoms with Crippen LogP contribution in [0.1, 0.15) is 27.7 Å². The molecule has 0 amide bonds. The van der Waals surface area contributed by atoms with E-state index < -0.39 is 0 Å². The number of fused-ring (bicyclic) bond motifs is 7. The first kappa shape index (κ1) is 23.7. The van der Waals surface area contributed by atoms with Gasteiger partial charge in [-0.3, -0.25) is 0 Å². The molecule has 8 rings (SSSR count). The highest BCUT2D eigenvalue weighted by Gasteiger charge is 2.52. The lowest BCUT2D eigenvalue weighted by Gasteiger charge is -2.32. The van der Waals surface area contributed by atoms with Gasteiger partial charge in [-0.05, 0) is 97.5 Å². The Morgan fingerprint density at radius 2 is 1.13 bits per heavy atom. The molecule has 39 heavy (non-hydrogen) atoms. The van der Waals surface area contributed by atoms with Crippen LogP contribution in [0.2, 0.25) is 0 Å². The van der Waals surface area contributed by atoms with Gasteiger partial charge in [-0.2, -0.15) is 0 Å². The zero-order valence-corrected chi connectivity index (χ0v) is 24.0. The molecular weight excluding hydrogens is 515 g/mol. The van der Waals surface area contributed by atoms with Crippen molar-refractivity contribution in [2.75, 3.05) is 0 Å². The number of hydrogen-bond donors (Lipinski definition) is 0. The highest BCUT2D eigenvalue weighted by molar-refractivity contribution is 7.26. The third-order valence-electron chi connectivity index (χ3n) is 8.71. The molecule has 0 aliphatic carbocycles. The summed E-state index contributed by atoms with van der Waals surface area (Å²) in [6, 6.07) is 33.6. The lowest BCUT2D eigenvalue weighted by Crippen LogP contribution is -2.41. The van der Waals surface area contributed by atoms with Crippen molar-refractivity contribution in [2.45, 2.75) is 38.9 Å². The smallest absolute Gasteiger partial charge is 0.399 e. The van der Waals surface area contributed by atoms with E-state index in [4.69, 9.17) is 9.31 Å². The fourth-order valence-corrected chi connectivity index (χ4v) is 8.08. The molecule has 1 fully saturated rings. The molecule has 5 aromatic carbocycles. The van der Waals surface area contributed by atoms with Gasteiger partial charge in [0, 0.05) is 40.3 Å². The van der Waals surface area contributed by atoms with Crippen molar-refractivity contribution in [1.29, 1.82) is 0 Å². The summed E-state index contributed by atoms with van der Waals surface area (Å²) in [7, 11) is -0.386. The lowest BCUT2D eigenvalue weighted by atomic mass is 9.76. The number of rotatable bonds is 2. The van der Waals surface area contributed by atoms with Gasteiger partial charge >= 0.3 is 7.12 Å². The number of hydrogen-bond acceptors (Lipinski definition) is 4. The Labute approximate surface area is 235 Å². The van der Waals surface area contributed by atoms with Crippen LogP contribution in [-0.4, -0.2) is 18.3 Å². The molecule has 2 nitrogen and oxygen atoms in total. The van der Waals surface area contributed by atoms with Crippen LogP contribution in [0, 0.1) is 0 Å². The Morgan fingerprint density at radius 3 is 1.85 bits per heavy atom. The Morgan fingerprint density at radius 1 is 0.538 bits per heavy atom. The fraction of sp³-hybridized carbons (Fsp3) is 0.176. The monoisotopic (exact) mass is 542 g/mol. The van der Waals surface area contributed by atoms with Crippen LogP contribution < -0.4 is 5.46 Å². The van der Waals surface area contributed by atoms with E-state index in [9.17, 15) is 0 Å². The molecule has 7 aromatic rings. The standard InChI is InChI=1S/C34H27BO2S2/c1-33(2)34(3,4)37-35(36-33)27-10-7-11-30-32(27)26-18-23(13-15-29(26)38-30)22-12-14-28-24(17-22)25-16-20-8-5-6-9-21(20)19-31(25)39-28/h5-19H,1-4H3. The molecule has 0 spiro atoms. The van der Waals surface area contributed by atoms with Crippen LogP contribution in [0.3, 0.4) is 0 Å². The molecule has 0 radical (unpaired) electrons. The maximum Gasteiger partial charge on any atom is 0.495 e. The van der Waals surface area contributed by atoms with Crippen molar-refractivity contribution in [2.24, 2.45) is 0 Å². The zero-order chi connectivity index (χ0) is 26.5. The SMILES string of the molecule is CC1(C)OB(c2cccc3sc4ccc(-c5ccc6sc7cc8ccccc8cc7c6c5)cc4c23)OC1(C)C.